The van der Waals surface area contributed by atoms with Crippen molar-refractivity contribution in [3.63, 3.8) is 0 Å². The highest BCUT2D eigenvalue weighted by Gasteiger charge is 2.18. The molecule has 2 aromatic carbocycles. The topological polar surface area (TPSA) is 75.7 Å². The molecule has 0 spiro atoms. The van der Waals surface area contributed by atoms with Gasteiger partial charge in [0.25, 0.3) is 0 Å². The minimum Gasteiger partial charge on any atom is -0.497 e. The molecule has 0 aliphatic rings. The molecule has 6 nitrogen and oxygen atoms in total. The normalized spacial score (nSPS) is 11.4. The van der Waals surface area contributed by atoms with Crippen LogP contribution in [0.25, 0.3) is 0 Å². The highest BCUT2D eigenvalue weighted by molar-refractivity contribution is 7.88. The van der Waals surface area contributed by atoms with Crippen LogP contribution in [0.1, 0.15) is 17.5 Å². The minimum atomic E-state index is -3.41. The van der Waals surface area contributed by atoms with E-state index >= 15 is 0 Å². The standard InChI is InChI=1S/C20H26N2O4S/c1-16-7-4-5-10-19(16)21-20(23)12-14-22(27(3,24)25)13-11-17-8-6-9-18(15-17)26-2/h4-10,15H,11-14H2,1-3H3,(H,21,23). The van der Waals surface area contributed by atoms with E-state index in [1.807, 2.05) is 55.5 Å². The number of hydrogen-bond donors (Lipinski definition) is 1. The molecule has 2 rings (SSSR count). The van der Waals surface area contributed by atoms with Gasteiger partial charge in [0, 0.05) is 25.2 Å². The molecule has 1 amide bonds. The highest BCUT2D eigenvalue weighted by Crippen LogP contribution is 2.15. The highest BCUT2D eigenvalue weighted by atomic mass is 32.2. The number of sulfonamides is 1. The van der Waals surface area contributed by atoms with Crippen LogP contribution in [0.3, 0.4) is 0 Å². The van der Waals surface area contributed by atoms with E-state index in [1.165, 1.54) is 4.31 Å². The first-order valence-electron chi connectivity index (χ1n) is 8.73. The van der Waals surface area contributed by atoms with E-state index in [0.717, 1.165) is 28.8 Å². The third kappa shape index (κ3) is 6.69. The van der Waals surface area contributed by atoms with Crippen LogP contribution in [0.5, 0.6) is 5.75 Å². The van der Waals surface area contributed by atoms with Gasteiger partial charge in [0.1, 0.15) is 5.75 Å². The Morgan fingerprint density at radius 3 is 2.52 bits per heavy atom. The largest absolute Gasteiger partial charge is 0.497 e. The third-order valence-corrected chi connectivity index (χ3v) is 5.56. The zero-order valence-corrected chi connectivity index (χ0v) is 16.8. The van der Waals surface area contributed by atoms with Gasteiger partial charge in [0.05, 0.1) is 13.4 Å². The molecule has 146 valence electrons. The van der Waals surface area contributed by atoms with Gasteiger partial charge in [0.2, 0.25) is 15.9 Å². The molecule has 0 fully saturated rings. The van der Waals surface area contributed by atoms with Gasteiger partial charge in [-0.3, -0.25) is 4.79 Å². The number of aryl methyl sites for hydroxylation is 1. The second-order valence-electron chi connectivity index (χ2n) is 6.38. The Hall–Kier alpha value is -2.38. The molecule has 7 heteroatoms. The van der Waals surface area contributed by atoms with Crippen molar-refractivity contribution in [1.82, 2.24) is 4.31 Å². The van der Waals surface area contributed by atoms with Crippen LogP contribution in [0.4, 0.5) is 5.69 Å². The number of carbonyl (C=O) groups excluding carboxylic acids is 1. The monoisotopic (exact) mass is 390 g/mol. The van der Waals surface area contributed by atoms with Gasteiger partial charge in [-0.1, -0.05) is 30.3 Å². The fraction of sp³-hybridized carbons (Fsp3) is 0.350. The molecule has 0 saturated heterocycles. The minimum absolute atomic E-state index is 0.0967. The summed E-state index contributed by atoms with van der Waals surface area (Å²) in [6, 6.07) is 15.0. The summed E-state index contributed by atoms with van der Waals surface area (Å²) in [5.74, 6) is 0.523. The maximum atomic E-state index is 12.2. The van der Waals surface area contributed by atoms with Crippen molar-refractivity contribution in [2.45, 2.75) is 19.8 Å². The number of methoxy groups -OCH3 is 1. The smallest absolute Gasteiger partial charge is 0.225 e. The summed E-state index contributed by atoms with van der Waals surface area (Å²) in [5, 5.41) is 2.83. The number of hydrogen-bond acceptors (Lipinski definition) is 4. The molecule has 0 unspecified atom stereocenters. The van der Waals surface area contributed by atoms with E-state index in [9.17, 15) is 13.2 Å². The molecule has 27 heavy (non-hydrogen) atoms. The number of anilines is 1. The fourth-order valence-corrected chi connectivity index (χ4v) is 3.52. The molecule has 2 aromatic rings. The van der Waals surface area contributed by atoms with Crippen molar-refractivity contribution in [1.29, 1.82) is 0 Å². The molecular formula is C20H26N2O4S. The van der Waals surface area contributed by atoms with Crippen LogP contribution in [0.15, 0.2) is 48.5 Å². The molecule has 0 heterocycles. The first-order chi connectivity index (χ1) is 12.8. The Labute approximate surface area is 161 Å². The average Bonchev–Trinajstić information content (AvgIpc) is 2.62. The first kappa shape index (κ1) is 20.9. The molecular weight excluding hydrogens is 364 g/mol. The average molecular weight is 391 g/mol. The Morgan fingerprint density at radius 2 is 1.85 bits per heavy atom. The van der Waals surface area contributed by atoms with Crippen LogP contribution < -0.4 is 10.1 Å². The van der Waals surface area contributed by atoms with Crippen LogP contribution in [-0.4, -0.2) is 45.1 Å². The van der Waals surface area contributed by atoms with Crippen molar-refractivity contribution in [2.24, 2.45) is 0 Å². The summed E-state index contributed by atoms with van der Waals surface area (Å²) < 4.78 is 30.7. The Morgan fingerprint density at radius 1 is 1.11 bits per heavy atom. The number of amides is 1. The molecule has 0 aliphatic carbocycles. The quantitative estimate of drug-likeness (QED) is 0.714. The first-order valence-corrected chi connectivity index (χ1v) is 10.6. The zero-order valence-electron chi connectivity index (χ0n) is 15.9. The van der Waals surface area contributed by atoms with Crippen LogP contribution >= 0.6 is 0 Å². The number of carbonyl (C=O) groups is 1. The SMILES string of the molecule is COc1cccc(CCN(CCC(=O)Nc2ccccc2C)S(C)(=O)=O)c1. The van der Waals surface area contributed by atoms with Gasteiger partial charge in [-0.05, 0) is 42.7 Å². The summed E-state index contributed by atoms with van der Waals surface area (Å²) in [6.45, 7) is 2.36. The Bertz CT molecular complexity index is 881. The number of nitrogens with one attached hydrogen (secondary N) is 1. The van der Waals surface area contributed by atoms with Crippen molar-refractivity contribution in [3.05, 3.63) is 59.7 Å². The lowest BCUT2D eigenvalue weighted by atomic mass is 10.1. The Kier molecular flexibility index (Phi) is 7.38. The van der Waals surface area contributed by atoms with Gasteiger partial charge >= 0.3 is 0 Å². The van der Waals surface area contributed by atoms with Gasteiger partial charge in [-0.25, -0.2) is 12.7 Å². The molecule has 0 saturated carbocycles. The number of rotatable bonds is 9. The van der Waals surface area contributed by atoms with E-state index in [0.29, 0.717) is 13.0 Å². The van der Waals surface area contributed by atoms with Gasteiger partial charge < -0.3 is 10.1 Å². The molecule has 1 N–H and O–H groups in total. The molecule has 0 radical (unpaired) electrons. The van der Waals surface area contributed by atoms with E-state index in [-0.39, 0.29) is 18.9 Å². The number of benzene rings is 2. The maximum absolute atomic E-state index is 12.2. The van der Waals surface area contributed by atoms with Crippen LogP contribution in [-0.2, 0) is 21.2 Å². The van der Waals surface area contributed by atoms with Crippen LogP contribution in [0, 0.1) is 6.92 Å². The summed E-state index contributed by atoms with van der Waals surface area (Å²) in [6.07, 6.45) is 1.81. The van der Waals surface area contributed by atoms with Gasteiger partial charge in [-0.2, -0.15) is 0 Å². The predicted octanol–water partition coefficient (Wildman–Crippen LogP) is 2.84. The Balaban J connectivity index is 1.94. The molecule has 0 aliphatic heterocycles. The van der Waals surface area contributed by atoms with Gasteiger partial charge in [0.15, 0.2) is 0 Å². The second kappa shape index (κ2) is 9.53. The van der Waals surface area contributed by atoms with Gasteiger partial charge in [-0.15, -0.1) is 0 Å². The van der Waals surface area contributed by atoms with Crippen molar-refractivity contribution in [2.75, 3.05) is 31.8 Å². The number of para-hydroxylation sites is 1. The lowest BCUT2D eigenvalue weighted by Gasteiger charge is -2.20. The number of nitrogens with zero attached hydrogens (tertiary/aromatic N) is 1. The van der Waals surface area contributed by atoms with Crippen molar-refractivity contribution >= 4 is 21.6 Å². The molecule has 0 atom stereocenters. The lowest BCUT2D eigenvalue weighted by molar-refractivity contribution is -0.116. The zero-order chi connectivity index (χ0) is 19.9. The summed E-state index contributed by atoms with van der Waals surface area (Å²) in [4.78, 5) is 12.2. The van der Waals surface area contributed by atoms with E-state index in [1.54, 1.807) is 7.11 Å². The predicted molar refractivity (Wildman–Crippen MR) is 108 cm³/mol. The third-order valence-electron chi connectivity index (χ3n) is 4.26. The fourth-order valence-electron chi connectivity index (χ4n) is 2.68. The number of ether oxygens (including phenoxy) is 1. The summed E-state index contributed by atoms with van der Waals surface area (Å²) in [5.41, 5.74) is 2.68. The van der Waals surface area contributed by atoms with Crippen LogP contribution in [0.2, 0.25) is 0 Å². The van der Waals surface area contributed by atoms with E-state index in [4.69, 9.17) is 4.74 Å². The lowest BCUT2D eigenvalue weighted by Crippen LogP contribution is -2.34. The second-order valence-corrected chi connectivity index (χ2v) is 8.36. The van der Waals surface area contributed by atoms with E-state index < -0.39 is 10.0 Å². The maximum Gasteiger partial charge on any atom is 0.225 e. The summed E-state index contributed by atoms with van der Waals surface area (Å²) in [7, 11) is -1.81. The molecule has 0 aromatic heterocycles. The van der Waals surface area contributed by atoms with Crippen molar-refractivity contribution < 1.29 is 17.9 Å². The summed E-state index contributed by atoms with van der Waals surface area (Å²) >= 11 is 0. The van der Waals surface area contributed by atoms with E-state index in [2.05, 4.69) is 5.32 Å². The molecule has 0 bridgehead atoms. The van der Waals surface area contributed by atoms with Crippen molar-refractivity contribution in [3.8, 4) is 5.75 Å².